The first-order valence-corrected chi connectivity index (χ1v) is 5.29. The highest BCUT2D eigenvalue weighted by atomic mass is 35.5. The van der Waals surface area contributed by atoms with Gasteiger partial charge >= 0.3 is 0 Å². The molecule has 1 atom stereocenters. The van der Waals surface area contributed by atoms with Crippen LogP contribution in [0.2, 0.25) is 0 Å². The molecule has 0 heterocycles. The van der Waals surface area contributed by atoms with Crippen molar-refractivity contribution in [3.63, 3.8) is 0 Å². The molecule has 0 saturated heterocycles. The highest BCUT2D eigenvalue weighted by Gasteiger charge is 2.25. The Morgan fingerprint density at radius 1 is 1.50 bits per heavy atom. The molecule has 0 spiro atoms. The van der Waals surface area contributed by atoms with Crippen molar-refractivity contribution in [2.75, 3.05) is 7.11 Å². The van der Waals surface area contributed by atoms with E-state index >= 15 is 0 Å². The van der Waals surface area contributed by atoms with Crippen LogP contribution in [0.5, 0.6) is 5.75 Å². The molecular weight excluding hydrogens is 229 g/mol. The molecule has 2 rings (SSSR count). The van der Waals surface area contributed by atoms with Crippen LogP contribution in [-0.2, 0) is 0 Å². The predicted molar refractivity (Wildman–Crippen MR) is 64.5 cm³/mol. The van der Waals surface area contributed by atoms with E-state index in [1.165, 1.54) is 25.0 Å². The first-order chi connectivity index (χ1) is 7.20. The Kier molecular flexibility index (Phi) is 4.56. The van der Waals surface area contributed by atoms with Crippen LogP contribution in [-0.4, -0.2) is 7.11 Å². The van der Waals surface area contributed by atoms with Gasteiger partial charge in [-0.1, -0.05) is 18.9 Å². The molecule has 0 amide bonds. The third kappa shape index (κ3) is 3.09. The van der Waals surface area contributed by atoms with Gasteiger partial charge in [-0.15, -0.1) is 12.4 Å². The lowest BCUT2D eigenvalue weighted by Gasteiger charge is -2.15. The average molecular weight is 246 g/mol. The van der Waals surface area contributed by atoms with Gasteiger partial charge in [-0.25, -0.2) is 4.39 Å². The molecule has 0 aliphatic heterocycles. The third-order valence-electron chi connectivity index (χ3n) is 2.88. The standard InChI is InChI=1S/C12H16FNO.ClH/c1-15-12-7-9(13)4-5-10(12)11(14)6-8-2-3-8;/h4-5,7-8,11H,2-3,6,14H2,1H3;1H/t11-;/m1./s1. The fraction of sp³-hybridized carbons (Fsp3) is 0.500. The number of hydrogen-bond acceptors (Lipinski definition) is 2. The van der Waals surface area contributed by atoms with Crippen molar-refractivity contribution in [3.05, 3.63) is 29.6 Å². The number of hydrogen-bond donors (Lipinski definition) is 1. The Morgan fingerprint density at radius 2 is 2.19 bits per heavy atom. The molecule has 1 aliphatic rings. The second-order valence-electron chi connectivity index (χ2n) is 4.17. The fourth-order valence-corrected chi connectivity index (χ4v) is 1.83. The molecule has 1 fully saturated rings. The molecule has 1 saturated carbocycles. The van der Waals surface area contributed by atoms with Crippen molar-refractivity contribution in [2.45, 2.75) is 25.3 Å². The van der Waals surface area contributed by atoms with E-state index in [2.05, 4.69) is 0 Å². The minimum atomic E-state index is -0.283. The lowest BCUT2D eigenvalue weighted by atomic mass is 10.0. The summed E-state index contributed by atoms with van der Waals surface area (Å²) in [5.41, 5.74) is 6.97. The van der Waals surface area contributed by atoms with Crippen LogP contribution in [0.1, 0.15) is 30.9 Å². The zero-order valence-electron chi connectivity index (χ0n) is 9.28. The summed E-state index contributed by atoms with van der Waals surface area (Å²) in [5, 5.41) is 0. The van der Waals surface area contributed by atoms with E-state index < -0.39 is 0 Å². The highest BCUT2D eigenvalue weighted by molar-refractivity contribution is 5.85. The van der Waals surface area contributed by atoms with E-state index in [1.807, 2.05) is 0 Å². The van der Waals surface area contributed by atoms with Crippen molar-refractivity contribution in [1.82, 2.24) is 0 Å². The number of rotatable bonds is 4. The number of methoxy groups -OCH3 is 1. The van der Waals surface area contributed by atoms with Crippen LogP contribution in [0.15, 0.2) is 18.2 Å². The van der Waals surface area contributed by atoms with Gasteiger partial charge in [0.1, 0.15) is 11.6 Å². The van der Waals surface area contributed by atoms with Gasteiger partial charge in [0.2, 0.25) is 0 Å². The normalized spacial score (nSPS) is 16.4. The minimum absolute atomic E-state index is 0. The molecule has 16 heavy (non-hydrogen) atoms. The van der Waals surface area contributed by atoms with Gasteiger partial charge in [-0.2, -0.15) is 0 Å². The Labute approximate surface area is 101 Å². The van der Waals surface area contributed by atoms with E-state index in [0.717, 1.165) is 17.9 Å². The summed E-state index contributed by atoms with van der Waals surface area (Å²) < 4.78 is 18.1. The summed E-state index contributed by atoms with van der Waals surface area (Å²) in [7, 11) is 1.54. The Hall–Kier alpha value is -0.800. The zero-order valence-corrected chi connectivity index (χ0v) is 10.1. The largest absolute Gasteiger partial charge is 0.496 e. The molecule has 1 aliphatic carbocycles. The molecule has 4 heteroatoms. The van der Waals surface area contributed by atoms with Crippen molar-refractivity contribution in [2.24, 2.45) is 11.7 Å². The Bertz CT molecular complexity index is 355. The van der Waals surface area contributed by atoms with Gasteiger partial charge in [0.05, 0.1) is 7.11 Å². The molecular formula is C12H17ClFNO. The summed E-state index contributed by atoms with van der Waals surface area (Å²) in [5.74, 6) is 1.03. The summed E-state index contributed by atoms with van der Waals surface area (Å²) >= 11 is 0. The molecule has 90 valence electrons. The van der Waals surface area contributed by atoms with E-state index in [-0.39, 0.29) is 24.3 Å². The monoisotopic (exact) mass is 245 g/mol. The van der Waals surface area contributed by atoms with Gasteiger partial charge in [-0.3, -0.25) is 0 Å². The van der Waals surface area contributed by atoms with E-state index in [1.54, 1.807) is 13.2 Å². The first kappa shape index (κ1) is 13.3. The summed E-state index contributed by atoms with van der Waals surface area (Å²) in [6.45, 7) is 0. The van der Waals surface area contributed by atoms with Crippen LogP contribution in [0, 0.1) is 11.7 Å². The third-order valence-corrected chi connectivity index (χ3v) is 2.88. The van der Waals surface area contributed by atoms with E-state index in [9.17, 15) is 4.39 Å². The number of ether oxygens (including phenoxy) is 1. The molecule has 0 aromatic heterocycles. The number of nitrogens with two attached hydrogens (primary N) is 1. The summed E-state index contributed by atoms with van der Waals surface area (Å²) in [6.07, 6.45) is 3.52. The SMILES string of the molecule is COc1cc(F)ccc1[C@H](N)CC1CC1.Cl. The summed E-state index contributed by atoms with van der Waals surface area (Å²) in [4.78, 5) is 0. The van der Waals surface area contributed by atoms with Gasteiger partial charge in [0.25, 0.3) is 0 Å². The van der Waals surface area contributed by atoms with Crippen molar-refractivity contribution >= 4 is 12.4 Å². The molecule has 1 aromatic rings. The molecule has 0 bridgehead atoms. The van der Waals surface area contributed by atoms with Crippen LogP contribution >= 0.6 is 12.4 Å². The molecule has 0 unspecified atom stereocenters. The second kappa shape index (κ2) is 5.51. The average Bonchev–Trinajstić information content (AvgIpc) is 3.01. The smallest absolute Gasteiger partial charge is 0.126 e. The second-order valence-corrected chi connectivity index (χ2v) is 4.17. The number of halogens is 2. The number of benzene rings is 1. The maximum Gasteiger partial charge on any atom is 0.126 e. The first-order valence-electron chi connectivity index (χ1n) is 5.29. The quantitative estimate of drug-likeness (QED) is 0.885. The van der Waals surface area contributed by atoms with E-state index in [4.69, 9.17) is 10.5 Å². The van der Waals surface area contributed by atoms with Crippen LogP contribution in [0.4, 0.5) is 4.39 Å². The lowest BCUT2D eigenvalue weighted by molar-refractivity contribution is 0.399. The molecule has 1 aromatic carbocycles. The molecule has 0 radical (unpaired) electrons. The lowest BCUT2D eigenvalue weighted by Crippen LogP contribution is -2.12. The van der Waals surface area contributed by atoms with Crippen molar-refractivity contribution in [1.29, 1.82) is 0 Å². The Balaban J connectivity index is 0.00000128. The maximum atomic E-state index is 13.0. The molecule has 2 N–H and O–H groups in total. The van der Waals surface area contributed by atoms with Crippen molar-refractivity contribution in [3.8, 4) is 5.75 Å². The van der Waals surface area contributed by atoms with Gasteiger partial charge in [-0.05, 0) is 18.4 Å². The van der Waals surface area contributed by atoms with E-state index in [0.29, 0.717) is 5.75 Å². The Morgan fingerprint density at radius 3 is 2.75 bits per heavy atom. The molecule has 2 nitrogen and oxygen atoms in total. The zero-order chi connectivity index (χ0) is 10.8. The van der Waals surface area contributed by atoms with Gasteiger partial charge in [0.15, 0.2) is 0 Å². The van der Waals surface area contributed by atoms with Crippen molar-refractivity contribution < 1.29 is 9.13 Å². The summed E-state index contributed by atoms with van der Waals surface area (Å²) in [6, 6.07) is 4.52. The highest BCUT2D eigenvalue weighted by Crippen LogP contribution is 2.38. The topological polar surface area (TPSA) is 35.2 Å². The van der Waals surface area contributed by atoms with Gasteiger partial charge < -0.3 is 10.5 Å². The van der Waals surface area contributed by atoms with Gasteiger partial charge in [0, 0.05) is 17.7 Å². The minimum Gasteiger partial charge on any atom is -0.496 e. The maximum absolute atomic E-state index is 13.0. The fourth-order valence-electron chi connectivity index (χ4n) is 1.83. The van der Waals surface area contributed by atoms with Crippen LogP contribution < -0.4 is 10.5 Å². The van der Waals surface area contributed by atoms with Crippen LogP contribution in [0.3, 0.4) is 0 Å². The van der Waals surface area contributed by atoms with Crippen LogP contribution in [0.25, 0.3) is 0 Å². The predicted octanol–water partition coefficient (Wildman–Crippen LogP) is 3.06.